The van der Waals surface area contributed by atoms with E-state index in [2.05, 4.69) is 25.6 Å². The number of anilines is 1. The van der Waals surface area contributed by atoms with Gasteiger partial charge < -0.3 is 20.8 Å². The molecule has 2 aromatic rings. The molecule has 3 atom stereocenters. The van der Waals surface area contributed by atoms with Gasteiger partial charge in [0, 0.05) is 18.5 Å². The first kappa shape index (κ1) is 19.3. The van der Waals surface area contributed by atoms with Gasteiger partial charge in [0.25, 0.3) is 5.91 Å². The zero-order chi connectivity index (χ0) is 20.5. The van der Waals surface area contributed by atoms with Crippen molar-refractivity contribution in [2.45, 2.75) is 44.2 Å². The summed E-state index contributed by atoms with van der Waals surface area (Å²) in [5, 5.41) is 25.4. The number of aliphatic hydroxyl groups is 2. The topological polar surface area (TPSA) is 120 Å². The lowest BCUT2D eigenvalue weighted by molar-refractivity contribution is -0.114. The lowest BCUT2D eigenvalue weighted by atomic mass is 10.1. The van der Waals surface area contributed by atoms with E-state index in [1.807, 2.05) is 0 Å². The molecule has 1 amide bonds. The van der Waals surface area contributed by atoms with Crippen molar-refractivity contribution < 1.29 is 23.8 Å². The van der Waals surface area contributed by atoms with E-state index < -0.39 is 35.8 Å². The van der Waals surface area contributed by atoms with Crippen LogP contribution in [0.4, 0.5) is 14.6 Å². The van der Waals surface area contributed by atoms with Gasteiger partial charge >= 0.3 is 0 Å². The molecule has 29 heavy (non-hydrogen) atoms. The molecule has 1 fully saturated rings. The smallest absolute Gasteiger partial charge is 0.270 e. The molecule has 2 heterocycles. The molecule has 1 aliphatic heterocycles. The maximum absolute atomic E-state index is 13.8. The summed E-state index contributed by atoms with van der Waals surface area (Å²) in [6.45, 7) is -0.0276. The Kier molecular flexibility index (Phi) is 5.20. The SMILES string of the molecule is O=C(NCc1cc(F)ccc1F)C1=NCc2ncnc(N[C@H]3C[C@H](O)C[C@@H]3O)c21. The van der Waals surface area contributed by atoms with Crippen molar-refractivity contribution in [3.63, 3.8) is 0 Å². The Labute approximate surface area is 164 Å². The average molecular weight is 403 g/mol. The van der Waals surface area contributed by atoms with Crippen LogP contribution in [0.3, 0.4) is 0 Å². The summed E-state index contributed by atoms with van der Waals surface area (Å²) in [4.78, 5) is 25.2. The fraction of sp³-hybridized carbons (Fsp3) is 0.368. The quantitative estimate of drug-likeness (QED) is 0.583. The van der Waals surface area contributed by atoms with Crippen LogP contribution in [-0.4, -0.2) is 50.0 Å². The van der Waals surface area contributed by atoms with Crippen LogP contribution in [0.5, 0.6) is 0 Å². The standard InChI is InChI=1S/C19H19F2N5O3/c20-10-1-2-12(21)9(3-10)6-23-19(29)17-16-14(7-22-17)24-8-25-18(16)26-13-4-11(27)5-15(13)28/h1-3,8,11,13,15,27-28H,4-7H2,(H,23,29)(H,24,25,26)/t11-,13-,15-/m0/s1. The zero-order valence-corrected chi connectivity index (χ0v) is 15.3. The van der Waals surface area contributed by atoms with Crippen molar-refractivity contribution in [2.75, 3.05) is 5.32 Å². The molecule has 0 spiro atoms. The van der Waals surface area contributed by atoms with Gasteiger partial charge in [0.1, 0.15) is 29.5 Å². The molecule has 1 aromatic heterocycles. The number of carbonyl (C=O) groups is 1. The normalized spacial score (nSPS) is 22.9. The molecule has 4 N–H and O–H groups in total. The van der Waals surface area contributed by atoms with Crippen LogP contribution in [0.1, 0.15) is 29.7 Å². The summed E-state index contributed by atoms with van der Waals surface area (Å²) in [6.07, 6.45) is 0.567. The Morgan fingerprint density at radius 1 is 1.21 bits per heavy atom. The number of benzene rings is 1. The number of aliphatic hydroxyl groups excluding tert-OH is 2. The molecule has 4 rings (SSSR count). The highest BCUT2D eigenvalue weighted by molar-refractivity contribution is 6.47. The molecule has 10 heteroatoms. The van der Waals surface area contributed by atoms with Gasteiger partial charge in [-0.05, 0) is 24.6 Å². The highest BCUT2D eigenvalue weighted by Gasteiger charge is 2.34. The Morgan fingerprint density at radius 2 is 2.03 bits per heavy atom. The van der Waals surface area contributed by atoms with Crippen LogP contribution in [0.2, 0.25) is 0 Å². The summed E-state index contributed by atoms with van der Waals surface area (Å²) in [7, 11) is 0. The number of nitrogens with zero attached hydrogens (tertiary/aromatic N) is 3. The van der Waals surface area contributed by atoms with Gasteiger partial charge in [-0.2, -0.15) is 0 Å². The van der Waals surface area contributed by atoms with Crippen LogP contribution in [-0.2, 0) is 17.9 Å². The highest BCUT2D eigenvalue weighted by atomic mass is 19.1. The van der Waals surface area contributed by atoms with Crippen molar-refractivity contribution in [3.05, 3.63) is 53.0 Å². The van der Waals surface area contributed by atoms with Gasteiger partial charge in [0.05, 0.1) is 36.1 Å². The molecular formula is C19H19F2N5O3. The first-order chi connectivity index (χ1) is 13.9. The van der Waals surface area contributed by atoms with Crippen molar-refractivity contribution in [2.24, 2.45) is 4.99 Å². The molecule has 0 radical (unpaired) electrons. The zero-order valence-electron chi connectivity index (χ0n) is 15.3. The minimum atomic E-state index is -0.748. The Hall–Kier alpha value is -2.98. The fourth-order valence-corrected chi connectivity index (χ4v) is 3.58. The molecule has 1 aliphatic carbocycles. The van der Waals surface area contributed by atoms with E-state index in [-0.39, 0.29) is 30.8 Å². The number of rotatable bonds is 5. The van der Waals surface area contributed by atoms with Crippen LogP contribution < -0.4 is 10.6 Å². The molecule has 1 saturated carbocycles. The Bertz CT molecular complexity index is 984. The highest BCUT2D eigenvalue weighted by Crippen LogP contribution is 2.28. The van der Waals surface area contributed by atoms with Gasteiger partial charge in [-0.15, -0.1) is 0 Å². The molecule has 0 saturated heterocycles. The van der Waals surface area contributed by atoms with Crippen LogP contribution in [0.15, 0.2) is 29.5 Å². The number of amides is 1. The largest absolute Gasteiger partial charge is 0.393 e. The second kappa shape index (κ2) is 7.80. The summed E-state index contributed by atoms with van der Waals surface area (Å²) in [5.74, 6) is -1.47. The van der Waals surface area contributed by atoms with Crippen LogP contribution >= 0.6 is 0 Å². The molecule has 1 aromatic carbocycles. The lowest BCUT2D eigenvalue weighted by Gasteiger charge is -2.19. The molecule has 8 nitrogen and oxygen atoms in total. The number of fused-ring (bicyclic) bond motifs is 1. The van der Waals surface area contributed by atoms with E-state index in [1.165, 1.54) is 6.33 Å². The number of carbonyl (C=O) groups excluding carboxylic acids is 1. The van der Waals surface area contributed by atoms with Gasteiger partial charge in [0.2, 0.25) is 0 Å². The maximum Gasteiger partial charge on any atom is 0.270 e. The van der Waals surface area contributed by atoms with E-state index in [9.17, 15) is 23.8 Å². The number of halogens is 2. The van der Waals surface area contributed by atoms with E-state index >= 15 is 0 Å². The Balaban J connectivity index is 1.51. The van der Waals surface area contributed by atoms with Crippen molar-refractivity contribution in [1.29, 1.82) is 0 Å². The summed E-state index contributed by atoms with van der Waals surface area (Å²) in [5.41, 5.74) is 1.03. The minimum absolute atomic E-state index is 0.0166. The third kappa shape index (κ3) is 3.94. The van der Waals surface area contributed by atoms with Crippen molar-refractivity contribution in [3.8, 4) is 0 Å². The number of aromatic nitrogens is 2. The molecule has 0 unspecified atom stereocenters. The van der Waals surface area contributed by atoms with Crippen molar-refractivity contribution >= 4 is 17.4 Å². The van der Waals surface area contributed by atoms with E-state index in [4.69, 9.17) is 0 Å². The second-order valence-electron chi connectivity index (χ2n) is 7.07. The summed E-state index contributed by atoms with van der Waals surface area (Å²) >= 11 is 0. The number of aliphatic imine (C=N–C) groups is 1. The number of hydrogen-bond acceptors (Lipinski definition) is 7. The van der Waals surface area contributed by atoms with Gasteiger partial charge in [-0.3, -0.25) is 9.79 Å². The fourth-order valence-electron chi connectivity index (χ4n) is 3.58. The van der Waals surface area contributed by atoms with E-state index in [1.54, 1.807) is 0 Å². The second-order valence-corrected chi connectivity index (χ2v) is 7.07. The van der Waals surface area contributed by atoms with E-state index in [0.29, 0.717) is 23.5 Å². The minimum Gasteiger partial charge on any atom is -0.393 e. The maximum atomic E-state index is 13.8. The third-order valence-electron chi connectivity index (χ3n) is 5.04. The number of hydrogen-bond donors (Lipinski definition) is 4. The van der Waals surface area contributed by atoms with Gasteiger partial charge in [0.15, 0.2) is 0 Å². The molecule has 0 bridgehead atoms. The molecule has 2 aliphatic rings. The molecular weight excluding hydrogens is 384 g/mol. The predicted molar refractivity (Wildman–Crippen MR) is 99.1 cm³/mol. The van der Waals surface area contributed by atoms with E-state index in [0.717, 1.165) is 18.2 Å². The molecule has 152 valence electrons. The lowest BCUT2D eigenvalue weighted by Crippen LogP contribution is -2.33. The first-order valence-corrected chi connectivity index (χ1v) is 9.16. The van der Waals surface area contributed by atoms with Crippen LogP contribution in [0, 0.1) is 11.6 Å². The number of nitrogens with one attached hydrogen (secondary N) is 2. The van der Waals surface area contributed by atoms with Crippen molar-refractivity contribution in [1.82, 2.24) is 15.3 Å². The predicted octanol–water partition coefficient (Wildman–Crippen LogP) is 0.670. The summed E-state index contributed by atoms with van der Waals surface area (Å²) in [6, 6.07) is 2.59. The van der Waals surface area contributed by atoms with Gasteiger partial charge in [-0.25, -0.2) is 18.7 Å². The summed E-state index contributed by atoms with van der Waals surface area (Å²) < 4.78 is 27.1. The third-order valence-corrected chi connectivity index (χ3v) is 5.04. The first-order valence-electron chi connectivity index (χ1n) is 9.16. The average Bonchev–Trinajstić information content (AvgIpc) is 3.26. The Morgan fingerprint density at radius 3 is 2.79 bits per heavy atom. The van der Waals surface area contributed by atoms with Gasteiger partial charge in [-0.1, -0.05) is 0 Å². The van der Waals surface area contributed by atoms with Crippen LogP contribution in [0.25, 0.3) is 0 Å². The monoisotopic (exact) mass is 403 g/mol.